The number of rotatable bonds is 5. The SMILES string of the molecule is CCCc1cc(C2CCCN2S(=O)(=O)c2ccc3c(c2)OCCO3)no1. The van der Waals surface area contributed by atoms with Crippen LogP contribution in [0.1, 0.15) is 43.7 Å². The zero-order valence-electron chi connectivity index (χ0n) is 14.7. The molecule has 2 aliphatic rings. The van der Waals surface area contributed by atoms with Crippen LogP contribution in [0.15, 0.2) is 33.7 Å². The molecule has 3 heterocycles. The van der Waals surface area contributed by atoms with E-state index in [-0.39, 0.29) is 10.9 Å². The predicted molar refractivity (Wildman–Crippen MR) is 93.8 cm³/mol. The van der Waals surface area contributed by atoms with Gasteiger partial charge in [-0.15, -0.1) is 0 Å². The van der Waals surface area contributed by atoms with Crippen molar-refractivity contribution in [1.82, 2.24) is 9.46 Å². The summed E-state index contributed by atoms with van der Waals surface area (Å²) in [4.78, 5) is 0.214. The quantitative estimate of drug-likeness (QED) is 0.796. The summed E-state index contributed by atoms with van der Waals surface area (Å²) in [5.41, 5.74) is 0.687. The number of aryl methyl sites for hydroxylation is 1. The largest absolute Gasteiger partial charge is 0.486 e. The Bertz CT molecular complexity index is 893. The van der Waals surface area contributed by atoms with Crippen molar-refractivity contribution in [1.29, 1.82) is 0 Å². The molecule has 0 amide bonds. The van der Waals surface area contributed by atoms with E-state index in [1.165, 1.54) is 4.31 Å². The van der Waals surface area contributed by atoms with Crippen molar-refractivity contribution in [3.05, 3.63) is 35.7 Å². The number of aromatic nitrogens is 1. The second-order valence-corrected chi connectivity index (χ2v) is 8.44. The third-order valence-electron chi connectivity index (χ3n) is 4.74. The molecular formula is C18H22N2O5S. The number of ether oxygens (including phenoxy) is 2. The van der Waals surface area contributed by atoms with Gasteiger partial charge in [-0.1, -0.05) is 12.1 Å². The second kappa shape index (κ2) is 6.92. The van der Waals surface area contributed by atoms with Crippen LogP contribution in [0, 0.1) is 0 Å². The standard InChI is InChI=1S/C18H22N2O5S/c1-2-4-13-11-15(19-25-13)16-5-3-8-20(16)26(21,22)14-6-7-17-18(12-14)24-10-9-23-17/h6-7,11-12,16H,2-5,8-10H2,1H3. The van der Waals surface area contributed by atoms with Crippen LogP contribution in [0.3, 0.4) is 0 Å². The van der Waals surface area contributed by atoms with Gasteiger partial charge in [-0.05, 0) is 31.4 Å². The molecule has 4 rings (SSSR count). The van der Waals surface area contributed by atoms with Crippen LogP contribution < -0.4 is 9.47 Å². The monoisotopic (exact) mass is 378 g/mol. The fraction of sp³-hybridized carbons (Fsp3) is 0.500. The lowest BCUT2D eigenvalue weighted by atomic mass is 10.1. The molecule has 7 nitrogen and oxygen atoms in total. The van der Waals surface area contributed by atoms with E-state index in [9.17, 15) is 8.42 Å². The van der Waals surface area contributed by atoms with E-state index >= 15 is 0 Å². The summed E-state index contributed by atoms with van der Waals surface area (Å²) in [6, 6.07) is 6.37. The number of nitrogens with zero attached hydrogens (tertiary/aromatic N) is 2. The first-order valence-electron chi connectivity index (χ1n) is 8.96. The molecule has 1 fully saturated rings. The van der Waals surface area contributed by atoms with Crippen LogP contribution in [0.4, 0.5) is 0 Å². The molecule has 26 heavy (non-hydrogen) atoms. The zero-order chi connectivity index (χ0) is 18.1. The smallest absolute Gasteiger partial charge is 0.243 e. The van der Waals surface area contributed by atoms with Gasteiger partial charge in [0.25, 0.3) is 0 Å². The molecule has 1 unspecified atom stereocenters. The van der Waals surface area contributed by atoms with E-state index in [4.69, 9.17) is 14.0 Å². The fourth-order valence-corrected chi connectivity index (χ4v) is 5.18. The number of hydrogen-bond acceptors (Lipinski definition) is 6. The van der Waals surface area contributed by atoms with E-state index in [0.717, 1.165) is 31.4 Å². The maximum Gasteiger partial charge on any atom is 0.243 e. The van der Waals surface area contributed by atoms with E-state index in [1.54, 1.807) is 18.2 Å². The maximum absolute atomic E-state index is 13.2. The van der Waals surface area contributed by atoms with E-state index in [0.29, 0.717) is 37.0 Å². The fourth-order valence-electron chi connectivity index (χ4n) is 3.49. The van der Waals surface area contributed by atoms with Gasteiger partial charge in [-0.2, -0.15) is 4.31 Å². The van der Waals surface area contributed by atoms with E-state index in [2.05, 4.69) is 12.1 Å². The van der Waals surface area contributed by atoms with Gasteiger partial charge in [0.2, 0.25) is 10.0 Å². The first kappa shape index (κ1) is 17.4. The summed E-state index contributed by atoms with van der Waals surface area (Å²) >= 11 is 0. The van der Waals surface area contributed by atoms with Gasteiger partial charge >= 0.3 is 0 Å². The average molecular weight is 378 g/mol. The summed E-state index contributed by atoms with van der Waals surface area (Å²) < 4.78 is 44.3. The molecule has 0 spiro atoms. The first-order valence-corrected chi connectivity index (χ1v) is 10.4. The summed E-state index contributed by atoms with van der Waals surface area (Å²) in [6.07, 6.45) is 3.29. The molecule has 0 aliphatic carbocycles. The Balaban J connectivity index is 1.63. The maximum atomic E-state index is 13.2. The Morgan fingerprint density at radius 2 is 2.00 bits per heavy atom. The topological polar surface area (TPSA) is 81.9 Å². The highest BCUT2D eigenvalue weighted by Crippen LogP contribution is 2.39. The highest BCUT2D eigenvalue weighted by molar-refractivity contribution is 7.89. The van der Waals surface area contributed by atoms with Crippen LogP contribution >= 0.6 is 0 Å². The van der Waals surface area contributed by atoms with Crippen molar-refractivity contribution in [2.24, 2.45) is 0 Å². The normalized spacial score (nSPS) is 20.4. The van der Waals surface area contributed by atoms with Crippen LogP contribution in [0.25, 0.3) is 0 Å². The Morgan fingerprint density at radius 3 is 2.81 bits per heavy atom. The molecule has 8 heteroatoms. The molecule has 2 aliphatic heterocycles. The molecule has 1 saturated heterocycles. The minimum Gasteiger partial charge on any atom is -0.486 e. The van der Waals surface area contributed by atoms with E-state index < -0.39 is 10.0 Å². The Hall–Kier alpha value is -2.06. The molecule has 1 aromatic carbocycles. The van der Waals surface area contributed by atoms with Crippen molar-refractivity contribution in [2.75, 3.05) is 19.8 Å². The third-order valence-corrected chi connectivity index (χ3v) is 6.64. The number of benzene rings is 1. The zero-order valence-corrected chi connectivity index (χ0v) is 15.5. The first-order chi connectivity index (χ1) is 12.6. The molecule has 1 aromatic heterocycles. The molecular weight excluding hydrogens is 356 g/mol. The highest BCUT2D eigenvalue weighted by Gasteiger charge is 2.38. The molecule has 2 aromatic rings. The van der Waals surface area contributed by atoms with Gasteiger partial charge in [-0.25, -0.2) is 8.42 Å². The average Bonchev–Trinajstić information content (AvgIpc) is 3.31. The summed E-state index contributed by atoms with van der Waals surface area (Å²) in [5, 5.41) is 4.12. The molecule has 0 saturated carbocycles. The summed E-state index contributed by atoms with van der Waals surface area (Å²) in [6.45, 7) is 3.43. The van der Waals surface area contributed by atoms with E-state index in [1.807, 2.05) is 6.07 Å². The minimum absolute atomic E-state index is 0.214. The molecule has 0 bridgehead atoms. The Labute approximate surface area is 152 Å². The molecule has 0 N–H and O–H groups in total. The van der Waals surface area contributed by atoms with Crippen LogP contribution in [-0.2, 0) is 16.4 Å². The summed E-state index contributed by atoms with van der Waals surface area (Å²) in [5.74, 6) is 1.85. The van der Waals surface area contributed by atoms with Gasteiger partial charge in [0.05, 0.1) is 10.9 Å². The van der Waals surface area contributed by atoms with Crippen molar-refractivity contribution >= 4 is 10.0 Å². The molecule has 1 atom stereocenters. The van der Waals surface area contributed by atoms with Crippen LogP contribution in [0.5, 0.6) is 11.5 Å². The molecule has 0 radical (unpaired) electrons. The van der Waals surface area contributed by atoms with Crippen molar-refractivity contribution in [3.8, 4) is 11.5 Å². The Kier molecular flexibility index (Phi) is 4.62. The number of sulfonamides is 1. The summed E-state index contributed by atoms with van der Waals surface area (Å²) in [7, 11) is -3.66. The predicted octanol–water partition coefficient (Wildman–Crippen LogP) is 2.92. The molecule has 140 valence electrons. The number of hydrogen-bond donors (Lipinski definition) is 0. The lowest BCUT2D eigenvalue weighted by molar-refractivity contribution is 0.171. The van der Waals surface area contributed by atoms with Gasteiger partial charge in [0.15, 0.2) is 11.5 Å². The highest BCUT2D eigenvalue weighted by atomic mass is 32.2. The van der Waals surface area contributed by atoms with Gasteiger partial charge in [-0.3, -0.25) is 0 Å². The van der Waals surface area contributed by atoms with Crippen molar-refractivity contribution in [3.63, 3.8) is 0 Å². The third kappa shape index (κ3) is 3.07. The lowest BCUT2D eigenvalue weighted by Crippen LogP contribution is -2.31. The Morgan fingerprint density at radius 1 is 1.19 bits per heavy atom. The van der Waals surface area contributed by atoms with Crippen LogP contribution in [-0.4, -0.2) is 37.6 Å². The number of fused-ring (bicyclic) bond motifs is 1. The van der Waals surface area contributed by atoms with Gasteiger partial charge in [0.1, 0.15) is 24.7 Å². The van der Waals surface area contributed by atoms with Crippen molar-refractivity contribution in [2.45, 2.75) is 43.5 Å². The van der Waals surface area contributed by atoms with Gasteiger partial charge < -0.3 is 14.0 Å². The second-order valence-electron chi connectivity index (χ2n) is 6.55. The lowest BCUT2D eigenvalue weighted by Gasteiger charge is -2.24. The van der Waals surface area contributed by atoms with Gasteiger partial charge in [0, 0.05) is 25.1 Å². The van der Waals surface area contributed by atoms with Crippen LogP contribution in [0.2, 0.25) is 0 Å². The van der Waals surface area contributed by atoms with Crippen molar-refractivity contribution < 1.29 is 22.4 Å². The minimum atomic E-state index is -3.66.